The second-order valence-corrected chi connectivity index (χ2v) is 7.02. The number of para-hydroxylation sites is 2. The average molecular weight is 362 g/mol. The molecule has 27 heavy (non-hydrogen) atoms. The number of nitrogens with zero attached hydrogens (tertiary/aromatic N) is 1. The molecule has 1 heterocycles. The lowest BCUT2D eigenvalue weighted by Gasteiger charge is -2.33. The largest absolute Gasteiger partial charge is 0.492 e. The van der Waals surface area contributed by atoms with Crippen LogP contribution in [0.25, 0.3) is 10.8 Å². The summed E-state index contributed by atoms with van der Waals surface area (Å²) >= 11 is 0. The zero-order valence-electron chi connectivity index (χ0n) is 15.5. The molecular weight excluding hydrogens is 336 g/mol. The van der Waals surface area contributed by atoms with Gasteiger partial charge in [-0.3, -0.25) is 0 Å². The van der Waals surface area contributed by atoms with Gasteiger partial charge in [-0.25, -0.2) is 0 Å². The molecule has 0 radical (unpaired) electrons. The third-order valence-corrected chi connectivity index (χ3v) is 5.12. The molecule has 0 aromatic heterocycles. The van der Waals surface area contributed by atoms with Gasteiger partial charge in [-0.1, -0.05) is 42.5 Å². The lowest BCUT2D eigenvalue weighted by Crippen LogP contribution is -2.36. The van der Waals surface area contributed by atoms with Crippen LogP contribution in [0.5, 0.6) is 5.75 Å². The fourth-order valence-corrected chi connectivity index (χ4v) is 3.62. The van der Waals surface area contributed by atoms with Gasteiger partial charge in [-0.2, -0.15) is 0 Å². The van der Waals surface area contributed by atoms with E-state index in [0.29, 0.717) is 6.61 Å². The smallest absolute Gasteiger partial charge is 0.120 e. The minimum absolute atomic E-state index is 0.156. The summed E-state index contributed by atoms with van der Waals surface area (Å²) in [5.41, 5.74) is 2.33. The van der Waals surface area contributed by atoms with E-state index in [1.165, 1.54) is 16.5 Å². The summed E-state index contributed by atoms with van der Waals surface area (Å²) < 4.78 is 5.93. The molecule has 1 aliphatic rings. The number of benzene rings is 3. The second-order valence-electron chi connectivity index (χ2n) is 7.02. The Morgan fingerprint density at radius 1 is 0.926 bits per heavy atom. The first kappa shape index (κ1) is 17.7. The predicted octanol–water partition coefficient (Wildman–Crippen LogP) is 4.29. The molecule has 1 saturated heterocycles. The molecule has 3 aromatic carbocycles. The van der Waals surface area contributed by atoms with Crippen LogP contribution in [0.1, 0.15) is 12.8 Å². The summed E-state index contributed by atoms with van der Waals surface area (Å²) in [5, 5.41) is 15.7. The van der Waals surface area contributed by atoms with Crippen molar-refractivity contribution in [2.45, 2.75) is 18.9 Å². The highest BCUT2D eigenvalue weighted by atomic mass is 16.5. The summed E-state index contributed by atoms with van der Waals surface area (Å²) in [4.78, 5) is 2.35. The first-order valence-corrected chi connectivity index (χ1v) is 9.67. The van der Waals surface area contributed by atoms with Gasteiger partial charge >= 0.3 is 0 Å². The van der Waals surface area contributed by atoms with Crippen molar-refractivity contribution < 1.29 is 9.84 Å². The van der Waals surface area contributed by atoms with Gasteiger partial charge in [0.2, 0.25) is 0 Å². The van der Waals surface area contributed by atoms with Crippen LogP contribution in [-0.2, 0) is 0 Å². The maximum Gasteiger partial charge on any atom is 0.120 e. The fraction of sp³-hybridized carbons (Fsp3) is 0.304. The number of fused-ring (bicyclic) bond motifs is 1. The van der Waals surface area contributed by atoms with Gasteiger partial charge in [-0.15, -0.1) is 0 Å². The lowest BCUT2D eigenvalue weighted by molar-refractivity contribution is 0.145. The van der Waals surface area contributed by atoms with Gasteiger partial charge in [0.15, 0.2) is 0 Å². The zero-order chi connectivity index (χ0) is 18.5. The maximum absolute atomic E-state index is 9.73. The van der Waals surface area contributed by atoms with Crippen LogP contribution in [-0.4, -0.2) is 37.5 Å². The summed E-state index contributed by atoms with van der Waals surface area (Å²) in [6, 6.07) is 22.9. The van der Waals surface area contributed by atoms with Crippen LogP contribution in [0.15, 0.2) is 66.7 Å². The summed E-state index contributed by atoms with van der Waals surface area (Å²) in [5.74, 6) is 0.897. The molecule has 140 valence electrons. The van der Waals surface area contributed by atoms with E-state index in [9.17, 15) is 5.11 Å². The van der Waals surface area contributed by atoms with Crippen LogP contribution in [0.3, 0.4) is 0 Å². The van der Waals surface area contributed by atoms with E-state index in [1.54, 1.807) is 0 Å². The fourth-order valence-electron chi connectivity index (χ4n) is 3.62. The Morgan fingerprint density at radius 2 is 1.67 bits per heavy atom. The number of nitrogens with one attached hydrogen (secondary N) is 1. The highest BCUT2D eigenvalue weighted by molar-refractivity contribution is 5.83. The molecule has 3 aromatic rings. The number of hydrogen-bond donors (Lipinski definition) is 2. The van der Waals surface area contributed by atoms with Crippen LogP contribution < -0.4 is 15.0 Å². The number of hydrogen-bond acceptors (Lipinski definition) is 4. The summed E-state index contributed by atoms with van der Waals surface area (Å²) in [7, 11) is 0. The lowest BCUT2D eigenvalue weighted by atomic mass is 10.1. The van der Waals surface area contributed by atoms with Crippen molar-refractivity contribution >= 4 is 22.1 Å². The van der Waals surface area contributed by atoms with E-state index in [0.717, 1.165) is 43.9 Å². The Balaban J connectivity index is 1.33. The Morgan fingerprint density at radius 3 is 2.52 bits per heavy atom. The van der Waals surface area contributed by atoms with E-state index in [4.69, 9.17) is 4.74 Å². The third-order valence-electron chi connectivity index (χ3n) is 5.12. The zero-order valence-corrected chi connectivity index (χ0v) is 15.5. The Labute approximate surface area is 160 Å². The molecule has 0 atom stereocenters. The molecule has 0 amide bonds. The first-order chi connectivity index (χ1) is 13.3. The number of aliphatic hydroxyl groups excluding tert-OH is 1. The topological polar surface area (TPSA) is 44.7 Å². The van der Waals surface area contributed by atoms with Gasteiger partial charge in [0, 0.05) is 19.6 Å². The highest BCUT2D eigenvalue weighted by Gasteiger charge is 2.18. The number of rotatable bonds is 6. The van der Waals surface area contributed by atoms with Crippen molar-refractivity contribution in [1.29, 1.82) is 0 Å². The van der Waals surface area contributed by atoms with E-state index in [2.05, 4.69) is 58.7 Å². The van der Waals surface area contributed by atoms with Crippen molar-refractivity contribution in [2.24, 2.45) is 0 Å². The van der Waals surface area contributed by atoms with Gasteiger partial charge in [0.1, 0.15) is 12.4 Å². The first-order valence-electron chi connectivity index (χ1n) is 9.67. The Kier molecular flexibility index (Phi) is 5.45. The Hall–Kier alpha value is -2.72. The minimum Gasteiger partial charge on any atom is -0.492 e. The number of anilines is 2. The molecule has 0 unspecified atom stereocenters. The van der Waals surface area contributed by atoms with Gasteiger partial charge in [0.05, 0.1) is 17.5 Å². The average Bonchev–Trinajstić information content (AvgIpc) is 2.72. The molecule has 1 aliphatic heterocycles. The van der Waals surface area contributed by atoms with Crippen molar-refractivity contribution in [2.75, 3.05) is 36.5 Å². The molecule has 1 fully saturated rings. The molecule has 0 saturated carbocycles. The molecule has 0 spiro atoms. The molecule has 0 bridgehead atoms. The summed E-state index contributed by atoms with van der Waals surface area (Å²) in [6.45, 7) is 3.13. The van der Waals surface area contributed by atoms with E-state index < -0.39 is 0 Å². The normalized spacial score (nSPS) is 15.1. The van der Waals surface area contributed by atoms with Gasteiger partial charge in [0.25, 0.3) is 0 Å². The van der Waals surface area contributed by atoms with E-state index in [1.807, 2.05) is 18.2 Å². The molecule has 4 heteroatoms. The van der Waals surface area contributed by atoms with Crippen molar-refractivity contribution in [3.8, 4) is 5.75 Å². The molecular formula is C23H26N2O2. The minimum atomic E-state index is -0.156. The predicted molar refractivity (Wildman–Crippen MR) is 112 cm³/mol. The van der Waals surface area contributed by atoms with Gasteiger partial charge in [-0.05, 0) is 47.9 Å². The number of ether oxygens (including phenoxy) is 1. The quantitative estimate of drug-likeness (QED) is 0.642. The van der Waals surface area contributed by atoms with Crippen LogP contribution in [0.4, 0.5) is 11.4 Å². The van der Waals surface area contributed by atoms with Crippen LogP contribution in [0, 0.1) is 0 Å². The highest BCUT2D eigenvalue weighted by Crippen LogP contribution is 2.28. The second kappa shape index (κ2) is 8.31. The Bertz CT molecular complexity index is 888. The molecule has 4 rings (SSSR count). The third kappa shape index (κ3) is 4.34. The molecule has 0 aliphatic carbocycles. The number of aliphatic hydroxyl groups is 1. The molecule has 2 N–H and O–H groups in total. The van der Waals surface area contributed by atoms with Crippen molar-refractivity contribution in [3.63, 3.8) is 0 Å². The SMILES string of the molecule is OC1CCN(c2ccccc2NCCOc2ccc3ccccc3c2)CC1. The van der Waals surface area contributed by atoms with E-state index >= 15 is 0 Å². The monoisotopic (exact) mass is 362 g/mol. The maximum atomic E-state index is 9.73. The van der Waals surface area contributed by atoms with Crippen LogP contribution in [0.2, 0.25) is 0 Å². The number of piperidine rings is 1. The van der Waals surface area contributed by atoms with Crippen molar-refractivity contribution in [3.05, 3.63) is 66.7 Å². The van der Waals surface area contributed by atoms with Gasteiger partial charge < -0.3 is 20.1 Å². The molecule has 4 nitrogen and oxygen atoms in total. The van der Waals surface area contributed by atoms with Crippen molar-refractivity contribution in [1.82, 2.24) is 0 Å². The van der Waals surface area contributed by atoms with Crippen LogP contribution >= 0.6 is 0 Å². The standard InChI is InChI=1S/C23H26N2O2/c26-20-11-14-25(15-12-20)23-8-4-3-7-22(23)24-13-16-27-21-10-9-18-5-1-2-6-19(18)17-21/h1-10,17,20,24,26H,11-16H2. The van der Waals surface area contributed by atoms with E-state index in [-0.39, 0.29) is 6.10 Å². The summed E-state index contributed by atoms with van der Waals surface area (Å²) in [6.07, 6.45) is 1.51.